The molecule has 1 aromatic heterocycles. The van der Waals surface area contributed by atoms with Crippen molar-refractivity contribution in [3.05, 3.63) is 46.7 Å². The lowest BCUT2D eigenvalue weighted by molar-refractivity contribution is 1.18. The van der Waals surface area contributed by atoms with Gasteiger partial charge in [-0.1, -0.05) is 23.2 Å². The van der Waals surface area contributed by atoms with Gasteiger partial charge >= 0.3 is 0 Å². The fraction of sp³-hybridized carbons (Fsp3) is 0. The van der Waals surface area contributed by atoms with Crippen LogP contribution in [-0.2, 0) is 0 Å². The molecule has 0 spiro atoms. The van der Waals surface area contributed by atoms with E-state index in [1.807, 2.05) is 0 Å². The first kappa shape index (κ1) is 13.0. The van der Waals surface area contributed by atoms with Crippen LogP contribution in [0.3, 0.4) is 0 Å². The molecule has 2 rings (SSSR count). The van der Waals surface area contributed by atoms with Gasteiger partial charge in [0.2, 0.25) is 5.95 Å². The predicted molar refractivity (Wildman–Crippen MR) is 78.3 cm³/mol. The van der Waals surface area contributed by atoms with Crippen LogP contribution in [-0.4, -0.2) is 15.1 Å². The minimum atomic E-state index is 0.338. The molecule has 4 nitrogen and oxygen atoms in total. The Morgan fingerprint density at radius 2 is 1.83 bits per heavy atom. The highest BCUT2D eigenvalue weighted by Crippen LogP contribution is 2.25. The Labute approximate surface area is 119 Å². The summed E-state index contributed by atoms with van der Waals surface area (Å²) in [5.41, 5.74) is 0.623. The van der Waals surface area contributed by atoms with Crippen molar-refractivity contribution in [2.24, 2.45) is 0 Å². The SMILES string of the molecule is S=C(Nc1ncccn1)Nc1cc(Cl)ccc1Cl. The molecule has 2 aromatic rings. The van der Waals surface area contributed by atoms with E-state index >= 15 is 0 Å². The molecule has 0 atom stereocenters. The van der Waals surface area contributed by atoms with Crippen LogP contribution >= 0.6 is 35.4 Å². The maximum Gasteiger partial charge on any atom is 0.228 e. The molecular weight excluding hydrogens is 291 g/mol. The number of aromatic nitrogens is 2. The van der Waals surface area contributed by atoms with Gasteiger partial charge in [0.25, 0.3) is 0 Å². The van der Waals surface area contributed by atoms with Crippen LogP contribution in [0, 0.1) is 0 Å². The zero-order valence-electron chi connectivity index (χ0n) is 9.02. The molecule has 0 saturated heterocycles. The molecule has 0 saturated carbocycles. The number of hydrogen-bond donors (Lipinski definition) is 2. The van der Waals surface area contributed by atoms with Gasteiger partial charge in [-0.2, -0.15) is 0 Å². The second kappa shape index (κ2) is 5.95. The average molecular weight is 299 g/mol. The molecule has 0 unspecified atom stereocenters. The molecule has 0 bridgehead atoms. The molecule has 0 amide bonds. The van der Waals surface area contributed by atoms with E-state index in [9.17, 15) is 0 Å². The first-order valence-corrected chi connectivity index (χ1v) is 6.11. The molecule has 0 fully saturated rings. The third-order valence-electron chi connectivity index (χ3n) is 1.97. The highest BCUT2D eigenvalue weighted by atomic mass is 35.5. The lowest BCUT2D eigenvalue weighted by Crippen LogP contribution is -2.20. The number of thiocarbonyl (C=S) groups is 1. The van der Waals surface area contributed by atoms with Gasteiger partial charge in [0, 0.05) is 17.4 Å². The maximum atomic E-state index is 6.00. The van der Waals surface area contributed by atoms with Crippen molar-refractivity contribution >= 4 is 52.2 Å². The number of nitrogens with one attached hydrogen (secondary N) is 2. The number of benzene rings is 1. The lowest BCUT2D eigenvalue weighted by Gasteiger charge is -2.10. The van der Waals surface area contributed by atoms with Gasteiger partial charge in [0.15, 0.2) is 5.11 Å². The number of halogens is 2. The zero-order valence-corrected chi connectivity index (χ0v) is 11.4. The highest BCUT2D eigenvalue weighted by molar-refractivity contribution is 7.80. The molecule has 1 heterocycles. The van der Waals surface area contributed by atoms with E-state index in [4.69, 9.17) is 35.4 Å². The van der Waals surface area contributed by atoms with E-state index in [0.29, 0.717) is 26.8 Å². The van der Waals surface area contributed by atoms with E-state index < -0.39 is 0 Å². The molecule has 2 N–H and O–H groups in total. The molecule has 18 heavy (non-hydrogen) atoms. The number of hydrogen-bond acceptors (Lipinski definition) is 3. The van der Waals surface area contributed by atoms with Crippen LogP contribution in [0.1, 0.15) is 0 Å². The van der Waals surface area contributed by atoms with Crippen molar-refractivity contribution in [2.75, 3.05) is 10.6 Å². The normalized spacial score (nSPS) is 9.89. The summed E-state index contributed by atoms with van der Waals surface area (Å²) in [4.78, 5) is 7.98. The Morgan fingerprint density at radius 1 is 1.11 bits per heavy atom. The van der Waals surface area contributed by atoms with Gasteiger partial charge < -0.3 is 10.6 Å². The predicted octanol–water partition coefficient (Wildman–Crippen LogP) is 3.59. The largest absolute Gasteiger partial charge is 0.331 e. The monoisotopic (exact) mass is 298 g/mol. The molecule has 7 heteroatoms. The number of anilines is 2. The topological polar surface area (TPSA) is 49.8 Å². The minimum absolute atomic E-state index is 0.338. The van der Waals surface area contributed by atoms with Crippen LogP contribution in [0.5, 0.6) is 0 Å². The number of rotatable bonds is 2. The van der Waals surface area contributed by atoms with Crippen molar-refractivity contribution in [1.29, 1.82) is 0 Å². The molecule has 0 radical (unpaired) electrons. The Bertz CT molecular complexity index is 562. The van der Waals surface area contributed by atoms with Crippen LogP contribution < -0.4 is 10.6 Å². The van der Waals surface area contributed by atoms with Gasteiger partial charge in [0.1, 0.15) is 0 Å². The van der Waals surface area contributed by atoms with Crippen molar-refractivity contribution in [3.63, 3.8) is 0 Å². The lowest BCUT2D eigenvalue weighted by atomic mass is 10.3. The molecule has 0 aliphatic rings. The van der Waals surface area contributed by atoms with E-state index in [0.717, 1.165) is 0 Å². The van der Waals surface area contributed by atoms with E-state index in [1.165, 1.54) is 0 Å². The Balaban J connectivity index is 2.05. The van der Waals surface area contributed by atoms with Crippen LogP contribution in [0.15, 0.2) is 36.7 Å². The van der Waals surface area contributed by atoms with Crippen molar-refractivity contribution < 1.29 is 0 Å². The maximum absolute atomic E-state index is 6.00. The summed E-state index contributed by atoms with van der Waals surface area (Å²) in [6.45, 7) is 0. The number of nitrogens with zero attached hydrogens (tertiary/aromatic N) is 2. The van der Waals surface area contributed by atoms with E-state index in [1.54, 1.807) is 36.7 Å². The van der Waals surface area contributed by atoms with Crippen molar-refractivity contribution in [1.82, 2.24) is 9.97 Å². The van der Waals surface area contributed by atoms with Crippen molar-refractivity contribution in [3.8, 4) is 0 Å². The second-order valence-corrected chi connectivity index (χ2v) is 4.53. The molecule has 1 aromatic carbocycles. The van der Waals surface area contributed by atoms with E-state index in [2.05, 4.69) is 20.6 Å². The smallest absolute Gasteiger partial charge is 0.228 e. The Hall–Kier alpha value is -1.43. The summed E-state index contributed by atoms with van der Waals surface area (Å²) in [7, 11) is 0. The second-order valence-electron chi connectivity index (χ2n) is 3.28. The summed E-state index contributed by atoms with van der Waals surface area (Å²) in [5, 5.41) is 7.19. The fourth-order valence-corrected chi connectivity index (χ4v) is 1.75. The van der Waals surface area contributed by atoms with Crippen LogP contribution in [0.2, 0.25) is 10.0 Å². The minimum Gasteiger partial charge on any atom is -0.331 e. The third kappa shape index (κ3) is 3.53. The average Bonchev–Trinajstić information content (AvgIpc) is 2.35. The third-order valence-corrected chi connectivity index (χ3v) is 2.74. The van der Waals surface area contributed by atoms with Crippen molar-refractivity contribution in [2.45, 2.75) is 0 Å². The standard InChI is InChI=1S/C11H8Cl2N4S/c12-7-2-3-8(13)9(6-7)16-11(18)17-10-14-4-1-5-15-10/h1-6H,(H2,14,15,16,17,18). The zero-order chi connectivity index (χ0) is 13.0. The first-order valence-electron chi connectivity index (χ1n) is 4.95. The highest BCUT2D eigenvalue weighted by Gasteiger charge is 2.04. The van der Waals surface area contributed by atoms with Gasteiger partial charge in [-0.25, -0.2) is 9.97 Å². The summed E-state index contributed by atoms with van der Waals surface area (Å²) >= 11 is 17.0. The Morgan fingerprint density at radius 3 is 2.56 bits per heavy atom. The molecular formula is C11H8Cl2N4S. The fourth-order valence-electron chi connectivity index (χ4n) is 1.21. The van der Waals surface area contributed by atoms with Gasteiger partial charge in [-0.15, -0.1) is 0 Å². The van der Waals surface area contributed by atoms with Gasteiger partial charge in [-0.05, 0) is 36.5 Å². The molecule has 0 aliphatic heterocycles. The van der Waals surface area contributed by atoms with E-state index in [-0.39, 0.29) is 0 Å². The van der Waals surface area contributed by atoms with Crippen LogP contribution in [0.25, 0.3) is 0 Å². The van der Waals surface area contributed by atoms with Gasteiger partial charge in [0.05, 0.1) is 10.7 Å². The molecule has 0 aliphatic carbocycles. The molecule has 92 valence electrons. The Kier molecular flexibility index (Phi) is 4.30. The summed E-state index contributed by atoms with van der Waals surface area (Å²) in [6.07, 6.45) is 3.23. The van der Waals surface area contributed by atoms with Gasteiger partial charge in [-0.3, -0.25) is 0 Å². The van der Waals surface area contributed by atoms with Crippen LogP contribution in [0.4, 0.5) is 11.6 Å². The summed E-state index contributed by atoms with van der Waals surface area (Å²) in [6, 6.07) is 6.79. The summed E-state index contributed by atoms with van der Waals surface area (Å²) in [5.74, 6) is 0.410. The first-order chi connectivity index (χ1) is 8.65. The summed E-state index contributed by atoms with van der Waals surface area (Å²) < 4.78 is 0. The quantitative estimate of drug-likeness (QED) is 0.830.